The van der Waals surface area contributed by atoms with Gasteiger partial charge >= 0.3 is 0 Å². The molecule has 16 heavy (non-hydrogen) atoms. The van der Waals surface area contributed by atoms with Crippen LogP contribution in [0.5, 0.6) is 0 Å². The molecule has 0 aromatic rings. The Hall–Kier alpha value is -0.160. The Kier molecular flexibility index (Phi) is 7.76. The molecule has 1 N–H and O–H groups in total. The Morgan fingerprint density at radius 2 is 1.81 bits per heavy atom. The molecule has 1 rings (SSSR count). The Morgan fingerprint density at radius 3 is 2.56 bits per heavy atom. The predicted molar refractivity (Wildman–Crippen MR) is 61.5 cm³/mol. The first-order valence-electron chi connectivity index (χ1n) is 6.28. The normalized spacial score (nSPS) is 25.9. The number of ether oxygens (including phenoxy) is 3. The summed E-state index contributed by atoms with van der Waals surface area (Å²) in [5.41, 5.74) is 0. The minimum Gasteiger partial charge on any atom is -0.393 e. The largest absolute Gasteiger partial charge is 0.393 e. The number of rotatable bonds is 8. The van der Waals surface area contributed by atoms with Gasteiger partial charge in [-0.2, -0.15) is 0 Å². The van der Waals surface area contributed by atoms with E-state index >= 15 is 0 Å². The number of aliphatic hydroxyl groups is 1. The summed E-state index contributed by atoms with van der Waals surface area (Å²) in [4.78, 5) is 0. The van der Waals surface area contributed by atoms with E-state index in [1.165, 1.54) is 0 Å². The molecule has 0 aromatic carbocycles. The van der Waals surface area contributed by atoms with Gasteiger partial charge in [-0.25, -0.2) is 0 Å². The van der Waals surface area contributed by atoms with Gasteiger partial charge in [0.15, 0.2) is 0 Å². The van der Waals surface area contributed by atoms with Crippen LogP contribution < -0.4 is 0 Å². The van der Waals surface area contributed by atoms with Gasteiger partial charge in [0.1, 0.15) is 0 Å². The van der Waals surface area contributed by atoms with Gasteiger partial charge in [-0.15, -0.1) is 0 Å². The molecule has 1 aliphatic rings. The monoisotopic (exact) mass is 232 g/mol. The molecule has 0 saturated heterocycles. The van der Waals surface area contributed by atoms with Gasteiger partial charge in [0.05, 0.1) is 38.6 Å². The molecular formula is C12H24O4. The lowest BCUT2D eigenvalue weighted by atomic mass is 9.95. The summed E-state index contributed by atoms with van der Waals surface area (Å²) in [6.07, 6.45) is 3.88. The molecule has 0 radical (unpaired) electrons. The van der Waals surface area contributed by atoms with Gasteiger partial charge in [-0.3, -0.25) is 0 Å². The number of aliphatic hydroxyl groups excluding tert-OH is 1. The number of hydrogen-bond donors (Lipinski definition) is 1. The topological polar surface area (TPSA) is 47.9 Å². The summed E-state index contributed by atoms with van der Waals surface area (Å²) >= 11 is 0. The van der Waals surface area contributed by atoms with Crippen LogP contribution in [0.4, 0.5) is 0 Å². The third-order valence-electron chi connectivity index (χ3n) is 2.76. The highest BCUT2D eigenvalue weighted by Crippen LogP contribution is 2.20. The fourth-order valence-corrected chi connectivity index (χ4v) is 1.91. The van der Waals surface area contributed by atoms with Crippen LogP contribution in [0, 0.1) is 0 Å². The summed E-state index contributed by atoms with van der Waals surface area (Å²) in [5.74, 6) is 0. The Balaban J connectivity index is 1.86. The van der Waals surface area contributed by atoms with Crippen molar-refractivity contribution < 1.29 is 19.3 Å². The quantitative estimate of drug-likeness (QED) is 0.642. The van der Waals surface area contributed by atoms with E-state index in [1.54, 1.807) is 0 Å². The minimum absolute atomic E-state index is 0.169. The van der Waals surface area contributed by atoms with Gasteiger partial charge in [0, 0.05) is 6.61 Å². The maximum Gasteiger partial charge on any atom is 0.0704 e. The van der Waals surface area contributed by atoms with Crippen LogP contribution in [0.15, 0.2) is 0 Å². The van der Waals surface area contributed by atoms with E-state index in [-0.39, 0.29) is 12.2 Å². The molecule has 1 saturated carbocycles. The summed E-state index contributed by atoms with van der Waals surface area (Å²) in [6, 6.07) is 0. The van der Waals surface area contributed by atoms with Gasteiger partial charge < -0.3 is 19.3 Å². The van der Waals surface area contributed by atoms with E-state index in [0.717, 1.165) is 32.3 Å². The molecule has 0 amide bonds. The number of hydrogen-bond acceptors (Lipinski definition) is 4. The van der Waals surface area contributed by atoms with Gasteiger partial charge in [-0.05, 0) is 32.6 Å². The van der Waals surface area contributed by atoms with Crippen molar-refractivity contribution in [2.24, 2.45) is 0 Å². The van der Waals surface area contributed by atoms with Crippen LogP contribution in [0.2, 0.25) is 0 Å². The molecule has 96 valence electrons. The first-order chi connectivity index (χ1) is 7.83. The summed E-state index contributed by atoms with van der Waals surface area (Å²) in [7, 11) is 0. The maximum absolute atomic E-state index is 9.45. The van der Waals surface area contributed by atoms with Crippen molar-refractivity contribution in [1.29, 1.82) is 0 Å². The van der Waals surface area contributed by atoms with Crippen molar-refractivity contribution in [2.75, 3.05) is 33.0 Å². The van der Waals surface area contributed by atoms with Crippen molar-refractivity contribution in [3.63, 3.8) is 0 Å². The van der Waals surface area contributed by atoms with E-state index in [1.807, 2.05) is 6.92 Å². The second-order valence-electron chi connectivity index (χ2n) is 4.12. The van der Waals surface area contributed by atoms with Crippen molar-refractivity contribution >= 4 is 0 Å². The van der Waals surface area contributed by atoms with Crippen LogP contribution in [0.3, 0.4) is 0 Å². The molecule has 0 heterocycles. The highest BCUT2D eigenvalue weighted by molar-refractivity contribution is 4.72. The van der Waals surface area contributed by atoms with E-state index in [4.69, 9.17) is 14.2 Å². The Morgan fingerprint density at radius 1 is 1.06 bits per heavy atom. The molecule has 0 spiro atoms. The zero-order chi connectivity index (χ0) is 11.6. The van der Waals surface area contributed by atoms with Crippen LogP contribution in [-0.2, 0) is 14.2 Å². The van der Waals surface area contributed by atoms with Crippen molar-refractivity contribution in [3.05, 3.63) is 0 Å². The maximum atomic E-state index is 9.45. The average molecular weight is 232 g/mol. The van der Waals surface area contributed by atoms with Gasteiger partial charge in [0.2, 0.25) is 0 Å². The highest BCUT2D eigenvalue weighted by Gasteiger charge is 2.20. The Labute approximate surface area is 97.9 Å². The van der Waals surface area contributed by atoms with Gasteiger partial charge in [0.25, 0.3) is 0 Å². The standard InChI is InChI=1S/C12H24O4/c1-2-14-6-7-15-8-9-16-12-5-3-4-11(13)10-12/h11-13H,2-10H2,1H3. The highest BCUT2D eigenvalue weighted by atomic mass is 16.5. The fourth-order valence-electron chi connectivity index (χ4n) is 1.91. The van der Waals surface area contributed by atoms with Gasteiger partial charge in [-0.1, -0.05) is 0 Å². The zero-order valence-corrected chi connectivity index (χ0v) is 10.2. The molecule has 4 heteroatoms. The molecular weight excluding hydrogens is 208 g/mol. The van der Waals surface area contributed by atoms with Crippen molar-refractivity contribution in [2.45, 2.75) is 44.8 Å². The SMILES string of the molecule is CCOCCOCCOC1CCCC(O)C1. The summed E-state index contributed by atoms with van der Waals surface area (Å²) in [5, 5.41) is 9.45. The second kappa shape index (κ2) is 8.93. The Bertz CT molecular complexity index is 163. The molecule has 1 aliphatic carbocycles. The van der Waals surface area contributed by atoms with Crippen LogP contribution >= 0.6 is 0 Å². The first kappa shape index (κ1) is 13.9. The van der Waals surface area contributed by atoms with E-state index in [9.17, 15) is 5.11 Å². The smallest absolute Gasteiger partial charge is 0.0704 e. The lowest BCUT2D eigenvalue weighted by Gasteiger charge is -2.25. The predicted octanol–water partition coefficient (Wildman–Crippen LogP) is 1.36. The fraction of sp³-hybridized carbons (Fsp3) is 1.00. The van der Waals surface area contributed by atoms with Crippen LogP contribution in [0.25, 0.3) is 0 Å². The zero-order valence-electron chi connectivity index (χ0n) is 10.2. The molecule has 4 nitrogen and oxygen atoms in total. The third kappa shape index (κ3) is 6.43. The third-order valence-corrected chi connectivity index (χ3v) is 2.76. The van der Waals surface area contributed by atoms with Crippen molar-refractivity contribution in [1.82, 2.24) is 0 Å². The average Bonchev–Trinajstić information content (AvgIpc) is 2.28. The molecule has 0 aromatic heterocycles. The minimum atomic E-state index is -0.169. The van der Waals surface area contributed by atoms with Crippen molar-refractivity contribution in [3.8, 4) is 0 Å². The van der Waals surface area contributed by atoms with E-state index in [0.29, 0.717) is 26.4 Å². The van der Waals surface area contributed by atoms with Crippen LogP contribution in [0.1, 0.15) is 32.6 Å². The lowest BCUT2D eigenvalue weighted by Crippen LogP contribution is -2.27. The molecule has 2 unspecified atom stereocenters. The molecule has 0 aliphatic heterocycles. The van der Waals surface area contributed by atoms with E-state index < -0.39 is 0 Å². The summed E-state index contributed by atoms with van der Waals surface area (Å²) in [6.45, 7) is 5.21. The second-order valence-corrected chi connectivity index (χ2v) is 4.12. The first-order valence-corrected chi connectivity index (χ1v) is 6.28. The van der Waals surface area contributed by atoms with E-state index in [2.05, 4.69) is 0 Å². The summed E-state index contributed by atoms with van der Waals surface area (Å²) < 4.78 is 16.1. The lowest BCUT2D eigenvalue weighted by molar-refractivity contribution is -0.0423. The molecule has 1 fully saturated rings. The molecule has 0 bridgehead atoms. The van der Waals surface area contributed by atoms with Crippen LogP contribution in [-0.4, -0.2) is 50.3 Å². The molecule has 2 atom stereocenters.